The van der Waals surface area contributed by atoms with Gasteiger partial charge in [0.15, 0.2) is 5.65 Å². The minimum absolute atomic E-state index is 0.597. The lowest BCUT2D eigenvalue weighted by Crippen LogP contribution is -2.42. The Bertz CT molecular complexity index is 610. The third-order valence-corrected chi connectivity index (χ3v) is 4.66. The summed E-state index contributed by atoms with van der Waals surface area (Å²) in [6.07, 6.45) is 6.62. The highest BCUT2D eigenvalue weighted by molar-refractivity contribution is 5.71. The van der Waals surface area contributed by atoms with Crippen LogP contribution in [0.15, 0.2) is 18.3 Å². The van der Waals surface area contributed by atoms with Gasteiger partial charge in [-0.3, -0.25) is 4.90 Å². The Balaban J connectivity index is 1.89. The highest BCUT2D eigenvalue weighted by Gasteiger charge is 2.23. The number of aromatic nitrogens is 3. The van der Waals surface area contributed by atoms with Crippen LogP contribution in [0.5, 0.6) is 0 Å². The van der Waals surface area contributed by atoms with Gasteiger partial charge in [0.05, 0.1) is 6.61 Å². The molecule has 5 nitrogen and oxygen atoms in total. The predicted molar refractivity (Wildman–Crippen MR) is 88.0 cm³/mol. The standard InChI is InChI=1S/C17H26N4O/c1-3-20-11-5-4-7-14(20)13-21-16(9-12-22-2)19-15-8-6-10-18-17(15)21/h6,8,10,14H,3-5,7,9,11-13H2,1-2H3. The average molecular weight is 302 g/mol. The van der Waals surface area contributed by atoms with Gasteiger partial charge < -0.3 is 9.30 Å². The molecule has 3 heterocycles. The molecule has 120 valence electrons. The van der Waals surface area contributed by atoms with E-state index in [-0.39, 0.29) is 0 Å². The van der Waals surface area contributed by atoms with Crippen molar-refractivity contribution in [2.75, 3.05) is 26.8 Å². The Kier molecular flexibility index (Phi) is 5.05. The predicted octanol–water partition coefficient (Wildman–Crippen LogP) is 2.49. The van der Waals surface area contributed by atoms with Gasteiger partial charge in [0.1, 0.15) is 11.3 Å². The molecule has 22 heavy (non-hydrogen) atoms. The van der Waals surface area contributed by atoms with Gasteiger partial charge in [0.2, 0.25) is 0 Å². The first-order valence-corrected chi connectivity index (χ1v) is 8.36. The molecular formula is C17H26N4O. The number of hydrogen-bond donors (Lipinski definition) is 0. The van der Waals surface area contributed by atoms with E-state index in [4.69, 9.17) is 9.72 Å². The van der Waals surface area contributed by atoms with Crippen molar-refractivity contribution in [3.63, 3.8) is 0 Å². The fourth-order valence-electron chi connectivity index (χ4n) is 3.48. The molecule has 1 saturated heterocycles. The Morgan fingerprint density at radius 2 is 2.27 bits per heavy atom. The fraction of sp³-hybridized carbons (Fsp3) is 0.647. The van der Waals surface area contributed by atoms with Crippen molar-refractivity contribution in [3.8, 4) is 0 Å². The Hall–Kier alpha value is -1.46. The average Bonchev–Trinajstić information content (AvgIpc) is 2.91. The summed E-state index contributed by atoms with van der Waals surface area (Å²) in [6, 6.07) is 4.60. The van der Waals surface area contributed by atoms with Crippen LogP contribution < -0.4 is 0 Å². The van der Waals surface area contributed by atoms with Crippen LogP contribution in [-0.2, 0) is 17.7 Å². The van der Waals surface area contributed by atoms with Gasteiger partial charge in [-0.05, 0) is 38.1 Å². The summed E-state index contributed by atoms with van der Waals surface area (Å²) < 4.78 is 7.56. The highest BCUT2D eigenvalue weighted by Crippen LogP contribution is 2.21. The van der Waals surface area contributed by atoms with Crippen LogP contribution in [-0.4, -0.2) is 52.3 Å². The highest BCUT2D eigenvalue weighted by atomic mass is 16.5. The second-order valence-corrected chi connectivity index (χ2v) is 6.01. The molecule has 0 aliphatic carbocycles. The molecule has 5 heteroatoms. The molecule has 0 aromatic carbocycles. The zero-order chi connectivity index (χ0) is 15.4. The number of methoxy groups -OCH3 is 1. The number of ether oxygens (including phenoxy) is 1. The number of rotatable bonds is 6. The van der Waals surface area contributed by atoms with Crippen molar-refractivity contribution >= 4 is 11.2 Å². The summed E-state index contributed by atoms with van der Waals surface area (Å²) in [5, 5.41) is 0. The largest absolute Gasteiger partial charge is 0.384 e. The van der Waals surface area contributed by atoms with Crippen molar-refractivity contribution in [1.29, 1.82) is 0 Å². The number of likely N-dealkylation sites (N-methyl/N-ethyl adjacent to an activating group) is 1. The van der Waals surface area contributed by atoms with E-state index in [0.29, 0.717) is 12.6 Å². The summed E-state index contributed by atoms with van der Waals surface area (Å²) >= 11 is 0. The monoisotopic (exact) mass is 302 g/mol. The van der Waals surface area contributed by atoms with E-state index in [0.717, 1.165) is 36.5 Å². The lowest BCUT2D eigenvalue weighted by atomic mass is 10.0. The van der Waals surface area contributed by atoms with Crippen LogP contribution in [0.1, 0.15) is 32.0 Å². The molecule has 0 bridgehead atoms. The summed E-state index contributed by atoms with van der Waals surface area (Å²) in [4.78, 5) is 11.9. The minimum atomic E-state index is 0.597. The quantitative estimate of drug-likeness (QED) is 0.822. The smallest absolute Gasteiger partial charge is 0.160 e. The molecule has 1 atom stereocenters. The Morgan fingerprint density at radius 1 is 1.36 bits per heavy atom. The summed E-state index contributed by atoms with van der Waals surface area (Å²) in [7, 11) is 1.74. The molecule has 0 N–H and O–H groups in total. The van der Waals surface area contributed by atoms with Gasteiger partial charge in [-0.25, -0.2) is 9.97 Å². The number of fused-ring (bicyclic) bond motifs is 1. The van der Waals surface area contributed by atoms with E-state index < -0.39 is 0 Å². The normalized spacial score (nSPS) is 19.8. The Labute approximate surface area is 132 Å². The van der Waals surface area contributed by atoms with E-state index in [1.807, 2.05) is 18.3 Å². The number of piperidine rings is 1. The van der Waals surface area contributed by atoms with E-state index in [2.05, 4.69) is 21.4 Å². The van der Waals surface area contributed by atoms with Crippen LogP contribution in [0.4, 0.5) is 0 Å². The summed E-state index contributed by atoms with van der Waals surface area (Å²) in [6.45, 7) is 6.28. The third-order valence-electron chi connectivity index (χ3n) is 4.66. The van der Waals surface area contributed by atoms with Crippen molar-refractivity contribution < 1.29 is 4.74 Å². The maximum Gasteiger partial charge on any atom is 0.160 e. The van der Waals surface area contributed by atoms with Gasteiger partial charge in [0, 0.05) is 32.3 Å². The zero-order valence-corrected chi connectivity index (χ0v) is 13.7. The molecule has 0 saturated carbocycles. The van der Waals surface area contributed by atoms with E-state index >= 15 is 0 Å². The van der Waals surface area contributed by atoms with Crippen LogP contribution >= 0.6 is 0 Å². The molecule has 1 aliphatic rings. The first kappa shape index (κ1) is 15.4. The second-order valence-electron chi connectivity index (χ2n) is 6.01. The van der Waals surface area contributed by atoms with Gasteiger partial charge in [0.25, 0.3) is 0 Å². The molecule has 0 radical (unpaired) electrons. The maximum atomic E-state index is 5.24. The minimum Gasteiger partial charge on any atom is -0.384 e. The molecule has 0 spiro atoms. The van der Waals surface area contributed by atoms with Gasteiger partial charge >= 0.3 is 0 Å². The van der Waals surface area contributed by atoms with E-state index in [1.54, 1.807) is 7.11 Å². The van der Waals surface area contributed by atoms with E-state index in [1.165, 1.54) is 25.8 Å². The third kappa shape index (κ3) is 3.15. The molecule has 1 aliphatic heterocycles. The Morgan fingerprint density at radius 3 is 3.09 bits per heavy atom. The molecule has 2 aromatic heterocycles. The summed E-state index contributed by atoms with van der Waals surface area (Å²) in [5.74, 6) is 1.09. The molecule has 1 unspecified atom stereocenters. The topological polar surface area (TPSA) is 43.2 Å². The maximum absolute atomic E-state index is 5.24. The summed E-state index contributed by atoms with van der Waals surface area (Å²) in [5.41, 5.74) is 2.00. The van der Waals surface area contributed by atoms with Gasteiger partial charge in [-0.1, -0.05) is 13.3 Å². The first-order valence-electron chi connectivity index (χ1n) is 8.36. The molecule has 3 rings (SSSR count). The van der Waals surface area contributed by atoms with Crippen molar-refractivity contribution in [3.05, 3.63) is 24.2 Å². The fourth-order valence-corrected chi connectivity index (χ4v) is 3.48. The number of hydrogen-bond acceptors (Lipinski definition) is 4. The van der Waals surface area contributed by atoms with Crippen LogP contribution in [0.3, 0.4) is 0 Å². The van der Waals surface area contributed by atoms with Gasteiger partial charge in [-0.15, -0.1) is 0 Å². The first-order chi connectivity index (χ1) is 10.8. The van der Waals surface area contributed by atoms with E-state index in [9.17, 15) is 0 Å². The van der Waals surface area contributed by atoms with Crippen molar-refractivity contribution in [2.45, 2.75) is 45.2 Å². The number of likely N-dealkylation sites (tertiary alicyclic amines) is 1. The van der Waals surface area contributed by atoms with Crippen LogP contribution in [0, 0.1) is 0 Å². The van der Waals surface area contributed by atoms with Crippen LogP contribution in [0.25, 0.3) is 11.2 Å². The van der Waals surface area contributed by atoms with Gasteiger partial charge in [-0.2, -0.15) is 0 Å². The van der Waals surface area contributed by atoms with Crippen molar-refractivity contribution in [1.82, 2.24) is 19.4 Å². The molecule has 0 amide bonds. The number of pyridine rings is 1. The zero-order valence-electron chi connectivity index (χ0n) is 13.7. The number of imidazole rings is 1. The lowest BCUT2D eigenvalue weighted by Gasteiger charge is -2.35. The molecular weight excluding hydrogens is 276 g/mol. The van der Waals surface area contributed by atoms with Crippen LogP contribution in [0.2, 0.25) is 0 Å². The second kappa shape index (κ2) is 7.20. The SMILES string of the molecule is CCN1CCCCC1Cn1c(CCOC)nc2cccnc21. The van der Waals surface area contributed by atoms with Crippen molar-refractivity contribution in [2.24, 2.45) is 0 Å². The lowest BCUT2D eigenvalue weighted by molar-refractivity contribution is 0.139. The number of nitrogens with zero attached hydrogens (tertiary/aromatic N) is 4. The molecule has 2 aromatic rings. The molecule has 1 fully saturated rings.